The topological polar surface area (TPSA) is 58.7 Å². The van der Waals surface area contributed by atoms with Crippen molar-refractivity contribution in [3.05, 3.63) is 64.7 Å². The van der Waals surface area contributed by atoms with E-state index >= 15 is 0 Å². The number of anilines is 2. The fraction of sp³-hybridized carbons (Fsp3) is 0.111. The first-order valence-electron chi connectivity index (χ1n) is 7.28. The number of rotatable bonds is 2. The van der Waals surface area contributed by atoms with Gasteiger partial charge in [-0.15, -0.1) is 0 Å². The SMILES string of the molecule is Nc1ccc2c(c1)C=NCCN2C(=O)/C=C/c1ccc(Cl)cc1. The molecule has 1 aliphatic heterocycles. The Balaban J connectivity index is 1.84. The maximum atomic E-state index is 12.6. The highest BCUT2D eigenvalue weighted by Crippen LogP contribution is 2.24. The minimum atomic E-state index is -0.0866. The van der Waals surface area contributed by atoms with E-state index in [1.807, 2.05) is 24.3 Å². The Morgan fingerprint density at radius 1 is 1.22 bits per heavy atom. The zero-order chi connectivity index (χ0) is 16.2. The van der Waals surface area contributed by atoms with Crippen LogP contribution < -0.4 is 10.6 Å². The molecule has 2 aromatic rings. The van der Waals surface area contributed by atoms with Crippen LogP contribution in [0, 0.1) is 0 Å². The molecule has 1 heterocycles. The number of carbonyl (C=O) groups excluding carboxylic acids is 1. The number of nitrogen functional groups attached to an aromatic ring is 1. The second-order valence-electron chi connectivity index (χ2n) is 5.23. The Labute approximate surface area is 139 Å². The molecule has 0 atom stereocenters. The van der Waals surface area contributed by atoms with Gasteiger partial charge in [0.25, 0.3) is 5.91 Å². The summed E-state index contributed by atoms with van der Waals surface area (Å²) in [6.07, 6.45) is 5.11. The van der Waals surface area contributed by atoms with E-state index < -0.39 is 0 Å². The first kappa shape index (κ1) is 15.3. The number of nitrogens with two attached hydrogens (primary N) is 1. The molecule has 0 bridgehead atoms. The molecule has 0 spiro atoms. The molecular formula is C18H16ClN3O. The van der Waals surface area contributed by atoms with Crippen LogP contribution in [0.25, 0.3) is 6.08 Å². The van der Waals surface area contributed by atoms with Crippen LogP contribution in [0.4, 0.5) is 11.4 Å². The molecule has 4 nitrogen and oxygen atoms in total. The van der Waals surface area contributed by atoms with Crippen molar-refractivity contribution in [2.45, 2.75) is 0 Å². The summed E-state index contributed by atoms with van der Waals surface area (Å²) in [4.78, 5) is 18.6. The normalized spacial score (nSPS) is 13.9. The number of carbonyl (C=O) groups is 1. The fourth-order valence-corrected chi connectivity index (χ4v) is 2.55. The van der Waals surface area contributed by atoms with Crippen LogP contribution in [0.15, 0.2) is 53.5 Å². The average molecular weight is 326 g/mol. The van der Waals surface area contributed by atoms with Crippen LogP contribution in [0.1, 0.15) is 11.1 Å². The van der Waals surface area contributed by atoms with Crippen molar-refractivity contribution in [3.63, 3.8) is 0 Å². The van der Waals surface area contributed by atoms with Gasteiger partial charge >= 0.3 is 0 Å². The number of hydrogen-bond donors (Lipinski definition) is 1. The van der Waals surface area contributed by atoms with E-state index in [0.29, 0.717) is 23.8 Å². The molecule has 0 radical (unpaired) electrons. The zero-order valence-corrected chi connectivity index (χ0v) is 13.2. The third-order valence-corrected chi connectivity index (χ3v) is 3.83. The van der Waals surface area contributed by atoms with Gasteiger partial charge in [-0.1, -0.05) is 23.7 Å². The highest BCUT2D eigenvalue weighted by molar-refractivity contribution is 6.30. The minimum absolute atomic E-state index is 0.0866. The van der Waals surface area contributed by atoms with E-state index in [-0.39, 0.29) is 5.91 Å². The Kier molecular flexibility index (Phi) is 4.44. The minimum Gasteiger partial charge on any atom is -0.399 e. The third kappa shape index (κ3) is 3.60. The van der Waals surface area contributed by atoms with Crippen molar-refractivity contribution < 1.29 is 4.79 Å². The lowest BCUT2D eigenvalue weighted by Crippen LogP contribution is -2.31. The molecule has 1 aliphatic rings. The molecule has 3 rings (SSSR count). The third-order valence-electron chi connectivity index (χ3n) is 3.58. The van der Waals surface area contributed by atoms with E-state index in [1.165, 1.54) is 0 Å². The van der Waals surface area contributed by atoms with Gasteiger partial charge in [0.15, 0.2) is 0 Å². The first-order valence-corrected chi connectivity index (χ1v) is 7.66. The molecule has 0 saturated heterocycles. The van der Waals surface area contributed by atoms with Crippen molar-refractivity contribution in [3.8, 4) is 0 Å². The maximum Gasteiger partial charge on any atom is 0.251 e. The summed E-state index contributed by atoms with van der Waals surface area (Å²) >= 11 is 5.86. The highest BCUT2D eigenvalue weighted by Gasteiger charge is 2.17. The van der Waals surface area contributed by atoms with Crippen LogP contribution in [0.3, 0.4) is 0 Å². The molecule has 0 unspecified atom stereocenters. The van der Waals surface area contributed by atoms with Gasteiger partial charge < -0.3 is 10.6 Å². The predicted octanol–water partition coefficient (Wildman–Crippen LogP) is 3.40. The molecule has 116 valence electrons. The van der Waals surface area contributed by atoms with Crippen LogP contribution >= 0.6 is 11.6 Å². The molecule has 0 aromatic heterocycles. The fourth-order valence-electron chi connectivity index (χ4n) is 2.42. The summed E-state index contributed by atoms with van der Waals surface area (Å²) in [5, 5.41) is 0.671. The lowest BCUT2D eigenvalue weighted by Gasteiger charge is -2.21. The number of benzodiazepines with no additional fused rings is 1. The number of nitrogens with zero attached hydrogens (tertiary/aromatic N) is 2. The van der Waals surface area contributed by atoms with Crippen molar-refractivity contribution in [2.24, 2.45) is 4.99 Å². The molecule has 5 heteroatoms. The molecular weight excluding hydrogens is 310 g/mol. The predicted molar refractivity (Wildman–Crippen MR) is 96.2 cm³/mol. The molecule has 0 aliphatic carbocycles. The van der Waals surface area contributed by atoms with Crippen LogP contribution in [-0.2, 0) is 4.79 Å². The van der Waals surface area contributed by atoms with Gasteiger partial charge in [-0.2, -0.15) is 0 Å². The van der Waals surface area contributed by atoms with Crippen molar-refractivity contribution in [1.29, 1.82) is 0 Å². The molecule has 2 aromatic carbocycles. The number of hydrogen-bond acceptors (Lipinski definition) is 3. The summed E-state index contributed by atoms with van der Waals surface area (Å²) in [6, 6.07) is 12.8. The summed E-state index contributed by atoms with van der Waals surface area (Å²) in [7, 11) is 0. The smallest absolute Gasteiger partial charge is 0.251 e. The van der Waals surface area contributed by atoms with Gasteiger partial charge in [0.05, 0.1) is 12.2 Å². The van der Waals surface area contributed by atoms with E-state index in [4.69, 9.17) is 17.3 Å². The zero-order valence-electron chi connectivity index (χ0n) is 12.4. The van der Waals surface area contributed by atoms with E-state index in [9.17, 15) is 4.79 Å². The standard InChI is InChI=1S/C18H16ClN3O/c19-15-4-1-13(2-5-15)3-8-18(23)22-10-9-21-12-14-11-16(20)6-7-17(14)22/h1-8,11-12H,9-10,20H2/b8-3+. The lowest BCUT2D eigenvalue weighted by atomic mass is 10.1. The summed E-state index contributed by atoms with van der Waals surface area (Å²) < 4.78 is 0. The first-order chi connectivity index (χ1) is 11.1. The molecule has 1 amide bonds. The Morgan fingerprint density at radius 3 is 2.78 bits per heavy atom. The molecule has 0 fully saturated rings. The Hall–Kier alpha value is -2.59. The number of fused-ring (bicyclic) bond motifs is 1. The van der Waals surface area contributed by atoms with Gasteiger partial charge in [-0.05, 0) is 42.0 Å². The Bertz CT molecular complexity index is 781. The van der Waals surface area contributed by atoms with Gasteiger partial charge in [0.1, 0.15) is 0 Å². The Morgan fingerprint density at radius 2 is 2.00 bits per heavy atom. The van der Waals surface area contributed by atoms with E-state index in [2.05, 4.69) is 4.99 Å². The van der Waals surface area contributed by atoms with Crippen molar-refractivity contribution >= 4 is 41.2 Å². The van der Waals surface area contributed by atoms with E-state index in [0.717, 1.165) is 16.8 Å². The number of halogens is 1. The molecule has 2 N–H and O–H groups in total. The quantitative estimate of drug-likeness (QED) is 0.679. The second kappa shape index (κ2) is 6.67. The molecule has 0 saturated carbocycles. The van der Waals surface area contributed by atoms with Crippen LogP contribution in [0.2, 0.25) is 5.02 Å². The van der Waals surface area contributed by atoms with E-state index in [1.54, 1.807) is 41.5 Å². The monoisotopic (exact) mass is 325 g/mol. The maximum absolute atomic E-state index is 12.6. The average Bonchev–Trinajstić information content (AvgIpc) is 2.76. The lowest BCUT2D eigenvalue weighted by molar-refractivity contribution is -0.114. The van der Waals surface area contributed by atoms with Crippen molar-refractivity contribution in [2.75, 3.05) is 23.7 Å². The van der Waals surface area contributed by atoms with Crippen LogP contribution in [-0.4, -0.2) is 25.2 Å². The van der Waals surface area contributed by atoms with Gasteiger partial charge in [0.2, 0.25) is 0 Å². The van der Waals surface area contributed by atoms with Crippen molar-refractivity contribution in [1.82, 2.24) is 0 Å². The largest absolute Gasteiger partial charge is 0.399 e. The number of amides is 1. The number of aliphatic imine (C=N–C) groups is 1. The summed E-state index contributed by atoms with van der Waals surface area (Å²) in [5.41, 5.74) is 9.07. The summed E-state index contributed by atoms with van der Waals surface area (Å²) in [6.45, 7) is 1.10. The van der Waals surface area contributed by atoms with Gasteiger partial charge in [-0.3, -0.25) is 9.79 Å². The van der Waals surface area contributed by atoms with Crippen LogP contribution in [0.5, 0.6) is 0 Å². The van der Waals surface area contributed by atoms with Gasteiger partial charge in [0, 0.05) is 35.1 Å². The van der Waals surface area contributed by atoms with Gasteiger partial charge in [-0.25, -0.2) is 0 Å². The second-order valence-corrected chi connectivity index (χ2v) is 5.66. The molecule has 23 heavy (non-hydrogen) atoms. The number of benzene rings is 2. The highest BCUT2D eigenvalue weighted by atomic mass is 35.5. The summed E-state index contributed by atoms with van der Waals surface area (Å²) in [5.74, 6) is -0.0866.